The van der Waals surface area contributed by atoms with Gasteiger partial charge in [-0.25, -0.2) is 4.98 Å². The summed E-state index contributed by atoms with van der Waals surface area (Å²) in [5, 5.41) is 5.17. The predicted octanol–water partition coefficient (Wildman–Crippen LogP) is 5.20. The molecule has 3 heterocycles. The maximum atomic E-state index is 13.5. The molecule has 0 spiro atoms. The molecule has 0 radical (unpaired) electrons. The second kappa shape index (κ2) is 12.4. The molecule has 214 valence electrons. The van der Waals surface area contributed by atoms with Gasteiger partial charge in [-0.05, 0) is 68.8 Å². The van der Waals surface area contributed by atoms with Gasteiger partial charge in [-0.15, -0.1) is 0 Å². The van der Waals surface area contributed by atoms with Gasteiger partial charge in [0, 0.05) is 46.1 Å². The van der Waals surface area contributed by atoms with E-state index in [9.17, 15) is 9.59 Å². The second-order valence-corrected chi connectivity index (χ2v) is 11.2. The van der Waals surface area contributed by atoms with Gasteiger partial charge in [-0.2, -0.15) is 9.78 Å². The molecule has 1 fully saturated rings. The van der Waals surface area contributed by atoms with Crippen LogP contribution in [0.15, 0.2) is 62.9 Å². The van der Waals surface area contributed by atoms with Crippen molar-refractivity contribution in [2.24, 2.45) is 5.10 Å². The number of aryl methyl sites for hydroxylation is 1. The molecule has 2 aromatic heterocycles. The number of hydrogen-bond acceptors (Lipinski definition) is 6. The first-order valence-electron chi connectivity index (χ1n) is 13.8. The van der Waals surface area contributed by atoms with Gasteiger partial charge in [0.1, 0.15) is 11.6 Å². The normalized spacial score (nSPS) is 14.6. The van der Waals surface area contributed by atoms with E-state index >= 15 is 0 Å². The number of amides is 1. The van der Waals surface area contributed by atoms with Crippen molar-refractivity contribution in [2.45, 2.75) is 40.0 Å². The topological polar surface area (TPSA) is 90.9 Å². The number of morpholine rings is 1. The Morgan fingerprint density at radius 2 is 1.88 bits per heavy atom. The van der Waals surface area contributed by atoms with E-state index in [4.69, 9.17) is 14.5 Å². The van der Waals surface area contributed by atoms with Crippen molar-refractivity contribution in [1.82, 2.24) is 19.1 Å². The van der Waals surface area contributed by atoms with Crippen molar-refractivity contribution >= 4 is 39.0 Å². The lowest BCUT2D eigenvalue weighted by Crippen LogP contribution is -2.42. The molecule has 0 unspecified atom stereocenters. The molecule has 9 nitrogen and oxygen atoms in total. The van der Waals surface area contributed by atoms with Crippen LogP contribution in [-0.4, -0.2) is 64.2 Å². The molecule has 0 N–H and O–H groups in total. The van der Waals surface area contributed by atoms with Crippen molar-refractivity contribution in [3.63, 3.8) is 0 Å². The standard InChI is InChI=1S/C31H34BrN5O4/c1-5-20(2)30-34-28-11-6-24(32)17-27(28)31(39)37(30)33-18-23-16-21(3)36(22(23)4)25-7-9-26(10-8-25)41-19-29(38)35-12-14-40-15-13-35/h6-11,16-18,20H,5,12-15,19H2,1-4H3/t20-/m0/s1. The molecule has 1 aliphatic heterocycles. The molecule has 4 aromatic rings. The third-order valence-electron chi connectivity index (χ3n) is 7.49. The Hall–Kier alpha value is -3.76. The van der Waals surface area contributed by atoms with E-state index in [1.807, 2.05) is 56.3 Å². The van der Waals surface area contributed by atoms with E-state index in [-0.39, 0.29) is 24.0 Å². The predicted molar refractivity (Wildman–Crippen MR) is 164 cm³/mol. The van der Waals surface area contributed by atoms with Crippen LogP contribution in [0.2, 0.25) is 0 Å². The molecule has 2 aromatic carbocycles. The average molecular weight is 621 g/mol. The summed E-state index contributed by atoms with van der Waals surface area (Å²) in [6, 6.07) is 15.2. The molecule has 41 heavy (non-hydrogen) atoms. The lowest BCUT2D eigenvalue weighted by atomic mass is 10.1. The van der Waals surface area contributed by atoms with Crippen molar-refractivity contribution in [3.05, 3.63) is 86.1 Å². The average Bonchev–Trinajstić information content (AvgIpc) is 3.28. The van der Waals surface area contributed by atoms with E-state index in [2.05, 4.69) is 39.4 Å². The largest absolute Gasteiger partial charge is 0.484 e. The van der Waals surface area contributed by atoms with Gasteiger partial charge in [0.25, 0.3) is 11.5 Å². The number of hydrogen-bond donors (Lipinski definition) is 0. The van der Waals surface area contributed by atoms with Crippen molar-refractivity contribution in [1.29, 1.82) is 0 Å². The van der Waals surface area contributed by atoms with Crippen LogP contribution in [0.5, 0.6) is 5.75 Å². The molecule has 1 aliphatic rings. The zero-order chi connectivity index (χ0) is 29.1. The maximum Gasteiger partial charge on any atom is 0.282 e. The number of aromatic nitrogens is 3. The van der Waals surface area contributed by atoms with Crippen LogP contribution in [0.1, 0.15) is 49.0 Å². The highest BCUT2D eigenvalue weighted by Crippen LogP contribution is 2.24. The number of carbonyl (C=O) groups excluding carboxylic acids is 1. The number of rotatable bonds is 8. The molecular weight excluding hydrogens is 586 g/mol. The minimum absolute atomic E-state index is 0.000121. The van der Waals surface area contributed by atoms with Crippen molar-refractivity contribution < 1.29 is 14.3 Å². The van der Waals surface area contributed by atoms with E-state index in [0.717, 1.165) is 33.5 Å². The molecule has 0 aliphatic carbocycles. The molecule has 5 rings (SSSR count). The molecule has 1 atom stereocenters. The first-order valence-corrected chi connectivity index (χ1v) is 14.6. The lowest BCUT2D eigenvalue weighted by Gasteiger charge is -2.26. The Balaban J connectivity index is 1.38. The fraction of sp³-hybridized carbons (Fsp3) is 0.355. The summed E-state index contributed by atoms with van der Waals surface area (Å²) in [7, 11) is 0. The minimum Gasteiger partial charge on any atom is -0.484 e. The van der Waals surface area contributed by atoms with Gasteiger partial charge in [-0.3, -0.25) is 9.59 Å². The van der Waals surface area contributed by atoms with Crippen LogP contribution < -0.4 is 10.3 Å². The summed E-state index contributed by atoms with van der Waals surface area (Å²) < 4.78 is 15.4. The molecular formula is C31H34BrN5O4. The lowest BCUT2D eigenvalue weighted by molar-refractivity contribution is -0.137. The van der Waals surface area contributed by atoms with E-state index in [1.54, 1.807) is 17.2 Å². The van der Waals surface area contributed by atoms with Crippen LogP contribution in [0.25, 0.3) is 16.6 Å². The first kappa shape index (κ1) is 28.8. The van der Waals surface area contributed by atoms with Crippen molar-refractivity contribution in [2.75, 3.05) is 32.9 Å². The SMILES string of the molecule is CC[C@H](C)c1nc2ccc(Br)cc2c(=O)n1N=Cc1cc(C)n(-c2ccc(OCC(=O)N3CCOCC3)cc2)c1C. The van der Waals surface area contributed by atoms with Gasteiger partial charge in [0.15, 0.2) is 6.61 Å². The number of ether oxygens (including phenoxy) is 2. The first-order chi connectivity index (χ1) is 19.8. The fourth-order valence-electron chi connectivity index (χ4n) is 4.96. The summed E-state index contributed by atoms with van der Waals surface area (Å²) in [5.74, 6) is 1.29. The number of halogens is 1. The fourth-order valence-corrected chi connectivity index (χ4v) is 5.32. The molecule has 0 bridgehead atoms. The number of nitrogens with zero attached hydrogens (tertiary/aromatic N) is 5. The highest BCUT2D eigenvalue weighted by molar-refractivity contribution is 9.10. The summed E-state index contributed by atoms with van der Waals surface area (Å²) in [6.07, 6.45) is 2.56. The van der Waals surface area contributed by atoms with Gasteiger partial charge in [-0.1, -0.05) is 29.8 Å². The summed E-state index contributed by atoms with van der Waals surface area (Å²) in [4.78, 5) is 32.4. The van der Waals surface area contributed by atoms with Crippen LogP contribution in [0, 0.1) is 13.8 Å². The Morgan fingerprint density at radius 3 is 2.59 bits per heavy atom. The second-order valence-electron chi connectivity index (χ2n) is 10.2. The molecule has 10 heteroatoms. The zero-order valence-electron chi connectivity index (χ0n) is 23.8. The summed E-state index contributed by atoms with van der Waals surface area (Å²) in [5.41, 5.74) is 4.33. The summed E-state index contributed by atoms with van der Waals surface area (Å²) >= 11 is 3.46. The number of benzene rings is 2. The Morgan fingerprint density at radius 1 is 1.15 bits per heavy atom. The van der Waals surface area contributed by atoms with Gasteiger partial charge < -0.3 is 18.9 Å². The maximum absolute atomic E-state index is 13.5. The Kier molecular flexibility index (Phi) is 8.70. The monoisotopic (exact) mass is 619 g/mol. The molecule has 1 saturated heterocycles. The van der Waals surface area contributed by atoms with Crippen LogP contribution >= 0.6 is 15.9 Å². The Labute approximate surface area is 247 Å². The quantitative estimate of drug-likeness (QED) is 0.253. The van der Waals surface area contributed by atoms with Crippen molar-refractivity contribution in [3.8, 4) is 11.4 Å². The van der Waals surface area contributed by atoms with Gasteiger partial charge >= 0.3 is 0 Å². The highest BCUT2D eigenvalue weighted by Gasteiger charge is 2.18. The summed E-state index contributed by atoms with van der Waals surface area (Å²) in [6.45, 7) is 10.5. The van der Waals surface area contributed by atoms with Crippen LogP contribution in [0.3, 0.4) is 0 Å². The van der Waals surface area contributed by atoms with Gasteiger partial charge in [0.2, 0.25) is 0 Å². The van der Waals surface area contributed by atoms with E-state index < -0.39 is 0 Å². The Bertz CT molecular complexity index is 1650. The zero-order valence-corrected chi connectivity index (χ0v) is 25.3. The van der Waals surface area contributed by atoms with Crippen LogP contribution in [-0.2, 0) is 9.53 Å². The third kappa shape index (κ3) is 6.13. The molecule has 1 amide bonds. The minimum atomic E-state index is -0.195. The number of fused-ring (bicyclic) bond motifs is 1. The van der Waals surface area contributed by atoms with Crippen LogP contribution in [0.4, 0.5) is 0 Å². The third-order valence-corrected chi connectivity index (χ3v) is 7.98. The molecule has 0 saturated carbocycles. The smallest absolute Gasteiger partial charge is 0.282 e. The van der Waals surface area contributed by atoms with Gasteiger partial charge in [0.05, 0.1) is 30.3 Å². The van der Waals surface area contributed by atoms with E-state index in [0.29, 0.717) is 48.8 Å². The van der Waals surface area contributed by atoms with E-state index in [1.165, 1.54) is 4.68 Å². The number of carbonyl (C=O) groups is 1. The highest BCUT2D eigenvalue weighted by atomic mass is 79.9.